The van der Waals surface area contributed by atoms with Crippen LogP contribution in [-0.2, 0) is 0 Å². The number of aliphatic hydroxyl groups is 5. The Kier molecular flexibility index (Phi) is 4.42. The molecule has 3 aromatic heterocycles. The van der Waals surface area contributed by atoms with Crippen molar-refractivity contribution in [2.24, 2.45) is 0 Å². The first-order valence-electron chi connectivity index (χ1n) is 8.05. The Morgan fingerprint density at radius 3 is 2.63 bits per heavy atom. The van der Waals surface area contributed by atoms with Crippen LogP contribution in [0, 0.1) is 0 Å². The van der Waals surface area contributed by atoms with E-state index < -0.39 is 36.6 Å². The molecule has 0 radical (unpaired) electrons. The van der Waals surface area contributed by atoms with Gasteiger partial charge in [0, 0.05) is 10.1 Å². The summed E-state index contributed by atoms with van der Waals surface area (Å²) in [7, 11) is 0. The maximum atomic E-state index is 13.1. The normalized spacial score (nSPS) is 16.8. The highest BCUT2D eigenvalue weighted by Gasteiger charge is 2.34. The molecule has 0 saturated carbocycles. The summed E-state index contributed by atoms with van der Waals surface area (Å²) in [6.07, 6.45) is -7.20. The Balaban J connectivity index is 1.90. The zero-order valence-electron chi connectivity index (χ0n) is 13.7. The molecule has 0 aliphatic carbocycles. The van der Waals surface area contributed by atoms with Crippen LogP contribution in [0.15, 0.2) is 29.1 Å². The van der Waals surface area contributed by atoms with Crippen molar-refractivity contribution in [1.82, 2.24) is 19.6 Å². The van der Waals surface area contributed by atoms with Gasteiger partial charge in [-0.3, -0.25) is 4.79 Å². The number of rotatable bonds is 5. The molecule has 0 bridgehead atoms. The van der Waals surface area contributed by atoms with Crippen molar-refractivity contribution in [1.29, 1.82) is 0 Å². The van der Waals surface area contributed by atoms with Crippen LogP contribution < -0.4 is 5.56 Å². The van der Waals surface area contributed by atoms with Gasteiger partial charge in [0.15, 0.2) is 5.82 Å². The predicted molar refractivity (Wildman–Crippen MR) is 96.6 cm³/mol. The lowest BCUT2D eigenvalue weighted by molar-refractivity contribution is -0.118. The second-order valence-corrected chi connectivity index (χ2v) is 7.14. The van der Waals surface area contributed by atoms with E-state index in [1.54, 1.807) is 12.1 Å². The van der Waals surface area contributed by atoms with Crippen molar-refractivity contribution in [3.05, 3.63) is 40.4 Å². The molecule has 4 rings (SSSR count). The molecule has 11 heteroatoms. The molecular weight excluding hydrogens is 376 g/mol. The first-order chi connectivity index (χ1) is 12.9. The Bertz CT molecular complexity index is 1180. The van der Waals surface area contributed by atoms with Crippen molar-refractivity contribution in [2.45, 2.75) is 24.4 Å². The Hall–Kier alpha value is -2.41. The molecule has 3 heterocycles. The van der Waals surface area contributed by atoms with Crippen LogP contribution in [0.3, 0.4) is 0 Å². The van der Waals surface area contributed by atoms with Gasteiger partial charge in [-0.05, 0) is 6.07 Å². The van der Waals surface area contributed by atoms with Crippen molar-refractivity contribution in [2.75, 3.05) is 6.61 Å². The fourth-order valence-corrected chi connectivity index (χ4v) is 4.06. The van der Waals surface area contributed by atoms with Gasteiger partial charge in [-0.2, -0.15) is 5.10 Å². The standard InChI is InChI=1S/C16H16N4O6S/c21-5-7(22)10(23)11(24)12(25)13-18-19-16-17-14-9(15(26)20(13)16)6-3-1-2-4-8(6)27-14/h1-4,7,10-12,21-25H,5H2,(H,17,19)/t7-,10+,11+,12-/m1/s1. The van der Waals surface area contributed by atoms with Gasteiger partial charge in [0.2, 0.25) is 5.78 Å². The lowest BCUT2D eigenvalue weighted by Crippen LogP contribution is -2.43. The highest BCUT2D eigenvalue weighted by Crippen LogP contribution is 2.30. The third kappa shape index (κ3) is 2.72. The van der Waals surface area contributed by atoms with E-state index in [1.807, 2.05) is 12.1 Å². The molecule has 0 spiro atoms. The molecule has 0 unspecified atom stereocenters. The summed E-state index contributed by atoms with van der Waals surface area (Å²) >= 11 is 1.34. The monoisotopic (exact) mass is 392 g/mol. The molecule has 27 heavy (non-hydrogen) atoms. The molecule has 4 atom stereocenters. The van der Waals surface area contributed by atoms with Crippen LogP contribution in [0.25, 0.3) is 26.1 Å². The maximum absolute atomic E-state index is 13.1. The maximum Gasteiger partial charge on any atom is 0.270 e. The summed E-state index contributed by atoms with van der Waals surface area (Å²) in [5.74, 6) is -0.200. The zero-order valence-corrected chi connectivity index (χ0v) is 14.5. The zero-order chi connectivity index (χ0) is 19.3. The first-order valence-corrected chi connectivity index (χ1v) is 8.87. The smallest absolute Gasteiger partial charge is 0.270 e. The summed E-state index contributed by atoms with van der Waals surface area (Å²) in [5, 5.41) is 56.1. The van der Waals surface area contributed by atoms with E-state index in [4.69, 9.17) is 5.11 Å². The summed E-state index contributed by atoms with van der Waals surface area (Å²) < 4.78 is 1.90. The average Bonchev–Trinajstić information content (AvgIpc) is 3.27. The van der Waals surface area contributed by atoms with Crippen LogP contribution in [0.1, 0.15) is 11.9 Å². The minimum Gasteiger partial charge on any atom is -0.394 e. The number of aliphatic hydroxyl groups excluding tert-OH is 5. The van der Waals surface area contributed by atoms with Crippen molar-refractivity contribution in [3.63, 3.8) is 0 Å². The first kappa shape index (κ1) is 18.0. The third-order valence-electron chi connectivity index (χ3n) is 4.43. The molecule has 0 saturated heterocycles. The van der Waals surface area contributed by atoms with E-state index in [1.165, 1.54) is 11.3 Å². The van der Waals surface area contributed by atoms with E-state index in [-0.39, 0.29) is 11.6 Å². The van der Waals surface area contributed by atoms with Crippen molar-refractivity contribution < 1.29 is 25.5 Å². The van der Waals surface area contributed by atoms with Crippen molar-refractivity contribution in [3.8, 4) is 0 Å². The quantitative estimate of drug-likeness (QED) is 0.249. The van der Waals surface area contributed by atoms with Crippen LogP contribution >= 0.6 is 11.3 Å². The van der Waals surface area contributed by atoms with E-state index >= 15 is 0 Å². The van der Waals surface area contributed by atoms with Crippen LogP contribution in [-0.4, -0.2) is 70.0 Å². The van der Waals surface area contributed by atoms with E-state index in [9.17, 15) is 25.2 Å². The number of hydrogen-bond acceptors (Lipinski definition) is 9. The molecule has 0 amide bonds. The number of fused-ring (bicyclic) bond motifs is 4. The highest BCUT2D eigenvalue weighted by atomic mass is 32.1. The van der Waals surface area contributed by atoms with E-state index in [0.717, 1.165) is 9.10 Å². The van der Waals surface area contributed by atoms with Gasteiger partial charge < -0.3 is 25.5 Å². The Labute approximate surface area is 154 Å². The van der Waals surface area contributed by atoms with Crippen LogP contribution in [0.2, 0.25) is 0 Å². The fraction of sp³-hybridized carbons (Fsp3) is 0.312. The van der Waals surface area contributed by atoms with Gasteiger partial charge in [0.25, 0.3) is 5.56 Å². The number of aromatic nitrogens is 4. The molecule has 6 N–H and O–H groups in total. The lowest BCUT2D eigenvalue weighted by Gasteiger charge is -2.24. The van der Waals surface area contributed by atoms with Gasteiger partial charge in [-0.1, -0.05) is 18.2 Å². The highest BCUT2D eigenvalue weighted by molar-refractivity contribution is 7.25. The Morgan fingerprint density at radius 2 is 1.89 bits per heavy atom. The second kappa shape index (κ2) is 6.64. The number of nitrogens with one attached hydrogen (secondary N) is 1. The predicted octanol–water partition coefficient (Wildman–Crippen LogP) is -1.11. The van der Waals surface area contributed by atoms with Gasteiger partial charge in [-0.15, -0.1) is 11.3 Å². The molecule has 10 nitrogen and oxygen atoms in total. The van der Waals surface area contributed by atoms with E-state index in [0.29, 0.717) is 15.6 Å². The second-order valence-electron chi connectivity index (χ2n) is 6.11. The van der Waals surface area contributed by atoms with Crippen LogP contribution in [0.4, 0.5) is 0 Å². The molecular formula is C16H16N4O6S. The number of thiophene rings is 1. The van der Waals surface area contributed by atoms with Crippen LogP contribution in [0.5, 0.6) is 0 Å². The third-order valence-corrected chi connectivity index (χ3v) is 5.50. The Morgan fingerprint density at radius 1 is 1.15 bits per heavy atom. The summed E-state index contributed by atoms with van der Waals surface area (Å²) in [5.41, 5.74) is -0.486. The molecule has 4 aromatic rings. The largest absolute Gasteiger partial charge is 0.394 e. The number of aromatic amines is 1. The fourth-order valence-electron chi connectivity index (χ4n) is 2.99. The minimum atomic E-state index is -1.89. The van der Waals surface area contributed by atoms with Gasteiger partial charge >= 0.3 is 0 Å². The lowest BCUT2D eigenvalue weighted by atomic mass is 10.0. The number of hydrogen-bond donors (Lipinski definition) is 6. The summed E-state index contributed by atoms with van der Waals surface area (Å²) in [6.45, 7) is -0.810. The summed E-state index contributed by atoms with van der Waals surface area (Å²) in [6, 6.07) is 7.30. The molecule has 0 aliphatic rings. The van der Waals surface area contributed by atoms with Gasteiger partial charge in [0.05, 0.1) is 12.0 Å². The minimum absolute atomic E-state index is 0.0671. The summed E-state index contributed by atoms with van der Waals surface area (Å²) in [4.78, 5) is 17.9. The average molecular weight is 392 g/mol. The number of nitrogens with zero attached hydrogens (tertiary/aromatic N) is 3. The molecule has 0 fully saturated rings. The van der Waals surface area contributed by atoms with E-state index in [2.05, 4.69) is 15.2 Å². The molecule has 0 aliphatic heterocycles. The molecule has 142 valence electrons. The van der Waals surface area contributed by atoms with Gasteiger partial charge in [-0.25, -0.2) is 14.5 Å². The number of benzene rings is 1. The molecule has 1 aromatic carbocycles. The number of H-pyrrole nitrogens is 1. The SMILES string of the molecule is O=c1c2c(nc3[nH]nc([C@H](O)[C@@H](O)[C@@H](O)[C@H](O)CO)n13)sc1ccccc12. The van der Waals surface area contributed by atoms with Gasteiger partial charge in [0.1, 0.15) is 29.2 Å². The van der Waals surface area contributed by atoms with Crippen molar-refractivity contribution >= 4 is 37.4 Å². The topological polar surface area (TPSA) is 164 Å².